The molecule has 0 radical (unpaired) electrons. The highest BCUT2D eigenvalue weighted by Gasteiger charge is 2.53. The maximum absolute atomic E-state index is 12.8. The highest BCUT2D eigenvalue weighted by atomic mass is 35.5. The van der Waals surface area contributed by atoms with Gasteiger partial charge in [-0.15, -0.1) is 0 Å². The van der Waals surface area contributed by atoms with Gasteiger partial charge in [0.15, 0.2) is 0 Å². The van der Waals surface area contributed by atoms with Crippen molar-refractivity contribution in [2.24, 2.45) is 11.3 Å². The van der Waals surface area contributed by atoms with E-state index in [1.165, 1.54) is 18.5 Å². The lowest BCUT2D eigenvalue weighted by Crippen LogP contribution is -2.54. The van der Waals surface area contributed by atoms with Crippen LogP contribution in [0.25, 0.3) is 0 Å². The van der Waals surface area contributed by atoms with Gasteiger partial charge in [-0.25, -0.2) is 0 Å². The van der Waals surface area contributed by atoms with Crippen LogP contribution < -0.4 is 4.74 Å². The molecular weight excluding hydrogens is 416 g/mol. The van der Waals surface area contributed by atoms with Gasteiger partial charge in [-0.05, 0) is 62.8 Å². The first kappa shape index (κ1) is 20.6. The molecule has 2 aromatic rings. The zero-order valence-corrected chi connectivity index (χ0v) is 18.6. The largest absolute Gasteiger partial charge is 0.506 e. The molecule has 1 amide bonds. The van der Waals surface area contributed by atoms with Gasteiger partial charge in [0.25, 0.3) is 5.91 Å². The molecular formula is C24H27ClN2O4. The molecule has 0 saturated carbocycles. The molecule has 164 valence electrons. The Kier molecular flexibility index (Phi) is 4.90. The number of amides is 1. The summed E-state index contributed by atoms with van der Waals surface area (Å²) in [7, 11) is 0. The summed E-state index contributed by atoms with van der Waals surface area (Å²) in [4.78, 5) is 18.6. The molecule has 0 unspecified atom stereocenters. The SMILES string of the molecule is CC1(C)Oc2ccc(Cl)cc2[C@H]2OCC3(CCN(C(=O)c4cncc(O)c4)CC3)C[C@@H]21. The van der Waals surface area contributed by atoms with Crippen molar-refractivity contribution >= 4 is 17.5 Å². The van der Waals surface area contributed by atoms with Crippen LogP contribution in [0.3, 0.4) is 0 Å². The summed E-state index contributed by atoms with van der Waals surface area (Å²) >= 11 is 6.26. The zero-order valence-electron chi connectivity index (χ0n) is 17.8. The lowest BCUT2D eigenvalue weighted by Gasteiger charge is -2.54. The van der Waals surface area contributed by atoms with E-state index in [0.717, 1.165) is 30.6 Å². The standard InChI is InChI=1S/C24H27ClN2O4/c1-23(2)19-11-24(14-30-21(19)18-10-16(25)3-4-20(18)31-23)5-7-27(8-6-24)22(29)15-9-17(28)13-26-12-15/h3-4,9-10,12-13,19,21,28H,5-8,11,14H2,1-2H3/t19-,21+/m0/s1. The molecule has 0 bridgehead atoms. The molecule has 1 aromatic heterocycles. The van der Waals surface area contributed by atoms with E-state index in [4.69, 9.17) is 21.1 Å². The number of rotatable bonds is 1. The van der Waals surface area contributed by atoms with Crippen LogP contribution in [0, 0.1) is 11.3 Å². The Morgan fingerprint density at radius 1 is 1.23 bits per heavy atom. The smallest absolute Gasteiger partial charge is 0.255 e. The van der Waals surface area contributed by atoms with Crippen LogP contribution in [0.1, 0.15) is 55.1 Å². The van der Waals surface area contributed by atoms with E-state index in [0.29, 0.717) is 30.3 Å². The monoisotopic (exact) mass is 442 g/mol. The van der Waals surface area contributed by atoms with Gasteiger partial charge in [0.05, 0.1) is 24.5 Å². The average molecular weight is 443 g/mol. The lowest BCUT2D eigenvalue weighted by molar-refractivity contribution is -0.173. The van der Waals surface area contributed by atoms with Crippen LogP contribution in [-0.2, 0) is 4.74 Å². The number of aromatic hydroxyl groups is 1. The number of likely N-dealkylation sites (tertiary alicyclic amines) is 1. The molecule has 3 aliphatic heterocycles. The number of pyridine rings is 1. The van der Waals surface area contributed by atoms with Gasteiger partial charge in [0, 0.05) is 35.8 Å². The van der Waals surface area contributed by atoms with E-state index >= 15 is 0 Å². The normalized spacial score (nSPS) is 26.0. The van der Waals surface area contributed by atoms with Crippen LogP contribution in [0.15, 0.2) is 36.7 Å². The molecule has 1 N–H and O–H groups in total. The second-order valence-corrected chi connectivity index (χ2v) is 10.1. The number of carbonyl (C=O) groups is 1. The second-order valence-electron chi connectivity index (χ2n) is 9.65. The van der Waals surface area contributed by atoms with Crippen molar-refractivity contribution in [1.29, 1.82) is 0 Å². The van der Waals surface area contributed by atoms with Gasteiger partial charge >= 0.3 is 0 Å². The number of benzene rings is 1. The molecule has 4 heterocycles. The Morgan fingerprint density at radius 3 is 2.74 bits per heavy atom. The Hall–Kier alpha value is -2.31. The first-order chi connectivity index (χ1) is 14.8. The van der Waals surface area contributed by atoms with Crippen molar-refractivity contribution in [2.45, 2.75) is 44.8 Å². The molecule has 1 spiro atoms. The maximum atomic E-state index is 12.8. The van der Waals surface area contributed by atoms with Gasteiger partial charge in [-0.2, -0.15) is 0 Å². The quantitative estimate of drug-likeness (QED) is 0.698. The summed E-state index contributed by atoms with van der Waals surface area (Å²) in [6, 6.07) is 7.23. The minimum absolute atomic E-state index is 0.00552. The van der Waals surface area contributed by atoms with E-state index < -0.39 is 0 Å². The summed E-state index contributed by atoms with van der Waals surface area (Å²) in [5.41, 5.74) is 1.15. The Labute approximate surface area is 187 Å². The van der Waals surface area contributed by atoms with Gasteiger partial charge in [0.2, 0.25) is 0 Å². The number of hydrogen-bond acceptors (Lipinski definition) is 5. The fourth-order valence-electron chi connectivity index (χ4n) is 5.39. The Morgan fingerprint density at radius 2 is 2.00 bits per heavy atom. The molecule has 7 heteroatoms. The first-order valence-corrected chi connectivity index (χ1v) is 11.2. The summed E-state index contributed by atoms with van der Waals surface area (Å²) in [5, 5.41) is 10.3. The molecule has 0 aliphatic carbocycles. The van der Waals surface area contributed by atoms with Crippen molar-refractivity contribution in [1.82, 2.24) is 9.88 Å². The number of aromatic nitrogens is 1. The number of ether oxygens (including phenoxy) is 2. The van der Waals surface area contributed by atoms with Crippen LogP contribution in [0.5, 0.6) is 11.5 Å². The molecule has 1 aromatic carbocycles. The van der Waals surface area contributed by atoms with Gasteiger partial charge in [0.1, 0.15) is 17.1 Å². The Balaban J connectivity index is 1.32. The van der Waals surface area contributed by atoms with E-state index in [-0.39, 0.29) is 34.7 Å². The van der Waals surface area contributed by atoms with Crippen molar-refractivity contribution in [3.8, 4) is 11.5 Å². The van der Waals surface area contributed by atoms with Gasteiger partial charge < -0.3 is 19.5 Å². The van der Waals surface area contributed by atoms with Crippen molar-refractivity contribution in [3.05, 3.63) is 52.8 Å². The van der Waals surface area contributed by atoms with Crippen LogP contribution in [-0.4, -0.2) is 46.2 Å². The molecule has 5 rings (SSSR count). The maximum Gasteiger partial charge on any atom is 0.255 e. The minimum atomic E-state index is -0.348. The third-order valence-electron chi connectivity index (χ3n) is 7.21. The van der Waals surface area contributed by atoms with Crippen molar-refractivity contribution in [3.63, 3.8) is 0 Å². The molecule has 2 atom stereocenters. The molecule has 2 saturated heterocycles. The van der Waals surface area contributed by atoms with Crippen LogP contribution in [0.4, 0.5) is 0 Å². The van der Waals surface area contributed by atoms with E-state index in [1.54, 1.807) is 0 Å². The first-order valence-electron chi connectivity index (χ1n) is 10.8. The topological polar surface area (TPSA) is 71.9 Å². The Bertz CT molecular complexity index is 1020. The third-order valence-corrected chi connectivity index (χ3v) is 7.45. The van der Waals surface area contributed by atoms with Crippen LogP contribution in [0.2, 0.25) is 5.02 Å². The number of nitrogens with zero attached hydrogens (tertiary/aromatic N) is 2. The fourth-order valence-corrected chi connectivity index (χ4v) is 5.57. The highest BCUT2D eigenvalue weighted by molar-refractivity contribution is 6.30. The number of carbonyl (C=O) groups excluding carboxylic acids is 1. The average Bonchev–Trinajstić information content (AvgIpc) is 2.74. The molecule has 2 fully saturated rings. The number of halogens is 1. The summed E-state index contributed by atoms with van der Waals surface area (Å²) in [6.07, 6.45) is 5.56. The fraction of sp³-hybridized carbons (Fsp3) is 0.500. The molecule has 6 nitrogen and oxygen atoms in total. The summed E-state index contributed by atoms with van der Waals surface area (Å²) in [6.45, 7) is 6.28. The predicted octanol–water partition coefficient (Wildman–Crippen LogP) is 4.61. The number of piperidine rings is 1. The summed E-state index contributed by atoms with van der Waals surface area (Å²) < 4.78 is 12.9. The van der Waals surface area contributed by atoms with Crippen molar-refractivity contribution < 1.29 is 19.4 Å². The minimum Gasteiger partial charge on any atom is -0.506 e. The van der Waals surface area contributed by atoms with Crippen molar-refractivity contribution in [2.75, 3.05) is 19.7 Å². The number of fused-ring (bicyclic) bond motifs is 3. The third kappa shape index (κ3) is 3.66. The summed E-state index contributed by atoms with van der Waals surface area (Å²) in [5.74, 6) is 0.986. The van der Waals surface area contributed by atoms with E-state index in [2.05, 4.69) is 18.8 Å². The zero-order chi connectivity index (χ0) is 21.8. The molecule has 31 heavy (non-hydrogen) atoms. The lowest BCUT2D eigenvalue weighted by atomic mass is 9.64. The number of hydrogen-bond donors (Lipinski definition) is 1. The van der Waals surface area contributed by atoms with Gasteiger partial charge in [-0.3, -0.25) is 9.78 Å². The van der Waals surface area contributed by atoms with E-state index in [9.17, 15) is 9.90 Å². The highest BCUT2D eigenvalue weighted by Crippen LogP contribution is 2.55. The molecule has 3 aliphatic rings. The van der Waals surface area contributed by atoms with E-state index in [1.807, 2.05) is 23.1 Å². The second kappa shape index (κ2) is 7.38. The van der Waals surface area contributed by atoms with Crippen LogP contribution >= 0.6 is 11.6 Å². The predicted molar refractivity (Wildman–Crippen MR) is 116 cm³/mol. The van der Waals surface area contributed by atoms with Gasteiger partial charge in [-0.1, -0.05) is 11.6 Å².